The number of hydrogen-bond acceptors (Lipinski definition) is 0. The summed E-state index contributed by atoms with van der Waals surface area (Å²) in [6.07, 6.45) is 9.65. The van der Waals surface area contributed by atoms with Crippen molar-refractivity contribution in [1.29, 1.82) is 0 Å². The Labute approximate surface area is 151 Å². The molecule has 0 saturated heterocycles. The van der Waals surface area contributed by atoms with Gasteiger partial charge in [0, 0.05) is 0 Å². The van der Waals surface area contributed by atoms with Crippen LogP contribution in [0, 0.1) is 0 Å². The molecular formula is C25H26. The number of hydrogen-bond donors (Lipinski definition) is 0. The van der Waals surface area contributed by atoms with E-state index >= 15 is 0 Å². The van der Waals surface area contributed by atoms with Crippen LogP contribution in [0.2, 0.25) is 0 Å². The van der Waals surface area contributed by atoms with Crippen molar-refractivity contribution in [3.8, 4) is 11.1 Å². The van der Waals surface area contributed by atoms with Gasteiger partial charge in [0.2, 0.25) is 0 Å². The van der Waals surface area contributed by atoms with Crippen LogP contribution in [0.25, 0.3) is 11.1 Å². The maximum absolute atomic E-state index is 4.42. The summed E-state index contributed by atoms with van der Waals surface area (Å²) in [5.74, 6) is 0. The first-order chi connectivity index (χ1) is 12.2. The Bertz CT molecular complexity index is 802. The first-order valence-electron chi connectivity index (χ1n) is 9.06. The lowest BCUT2D eigenvalue weighted by molar-refractivity contribution is 0.748. The van der Waals surface area contributed by atoms with Crippen molar-refractivity contribution in [1.82, 2.24) is 0 Å². The SMILES string of the molecule is C=CC(=C)C1(/C(C=C)=C/CCCC)c2ccccc2-c2ccccc21. The lowest BCUT2D eigenvalue weighted by atomic mass is 9.67. The molecule has 0 heteroatoms. The van der Waals surface area contributed by atoms with Crippen LogP contribution >= 0.6 is 0 Å². The fourth-order valence-corrected chi connectivity index (χ4v) is 4.08. The number of unbranched alkanes of at least 4 members (excludes halogenated alkanes) is 2. The third-order valence-corrected chi connectivity index (χ3v) is 5.26. The van der Waals surface area contributed by atoms with Crippen LogP contribution in [0.4, 0.5) is 0 Å². The van der Waals surface area contributed by atoms with Crippen LogP contribution in [0.3, 0.4) is 0 Å². The van der Waals surface area contributed by atoms with E-state index in [0.717, 1.165) is 12.0 Å². The molecule has 25 heavy (non-hydrogen) atoms. The summed E-state index contributed by atoms with van der Waals surface area (Å²) >= 11 is 0. The van der Waals surface area contributed by atoms with Gasteiger partial charge in [0.15, 0.2) is 0 Å². The molecule has 1 aliphatic rings. The Morgan fingerprint density at radius 2 is 1.48 bits per heavy atom. The Hall–Kier alpha value is -2.60. The molecule has 0 N–H and O–H groups in total. The minimum absolute atomic E-state index is 0.384. The van der Waals surface area contributed by atoms with Gasteiger partial charge < -0.3 is 0 Å². The van der Waals surface area contributed by atoms with Gasteiger partial charge in [-0.1, -0.05) is 106 Å². The molecule has 0 atom stereocenters. The highest BCUT2D eigenvalue weighted by Crippen LogP contribution is 2.56. The zero-order valence-corrected chi connectivity index (χ0v) is 15.1. The minimum Gasteiger partial charge on any atom is -0.0988 e. The number of benzene rings is 2. The van der Waals surface area contributed by atoms with Gasteiger partial charge in [0.25, 0.3) is 0 Å². The van der Waals surface area contributed by atoms with Crippen molar-refractivity contribution >= 4 is 0 Å². The van der Waals surface area contributed by atoms with Crippen LogP contribution in [-0.4, -0.2) is 0 Å². The first kappa shape index (κ1) is 17.2. The monoisotopic (exact) mass is 326 g/mol. The molecule has 2 aromatic rings. The van der Waals surface area contributed by atoms with Gasteiger partial charge in [-0.15, -0.1) is 0 Å². The van der Waals surface area contributed by atoms with Gasteiger partial charge >= 0.3 is 0 Å². The van der Waals surface area contributed by atoms with E-state index < -0.39 is 0 Å². The highest BCUT2D eigenvalue weighted by Gasteiger charge is 2.45. The first-order valence-corrected chi connectivity index (χ1v) is 9.06. The van der Waals surface area contributed by atoms with E-state index in [0.29, 0.717) is 0 Å². The molecule has 3 rings (SSSR count). The van der Waals surface area contributed by atoms with Crippen molar-refractivity contribution in [3.05, 3.63) is 109 Å². The van der Waals surface area contributed by atoms with E-state index in [1.165, 1.54) is 40.7 Å². The van der Waals surface area contributed by atoms with E-state index in [2.05, 4.69) is 81.3 Å². The summed E-state index contributed by atoms with van der Waals surface area (Å²) in [7, 11) is 0. The third-order valence-electron chi connectivity index (χ3n) is 5.26. The molecule has 0 fully saturated rings. The molecule has 0 heterocycles. The molecule has 0 spiro atoms. The van der Waals surface area contributed by atoms with Gasteiger partial charge in [0.1, 0.15) is 0 Å². The molecule has 0 nitrogen and oxygen atoms in total. The number of rotatable bonds is 7. The Morgan fingerprint density at radius 3 is 1.96 bits per heavy atom. The summed E-state index contributed by atoms with van der Waals surface area (Å²) < 4.78 is 0. The lowest BCUT2D eigenvalue weighted by Crippen LogP contribution is -2.29. The highest BCUT2D eigenvalue weighted by molar-refractivity contribution is 5.86. The zero-order valence-electron chi connectivity index (χ0n) is 15.1. The average Bonchev–Trinajstić information content (AvgIpc) is 2.96. The highest BCUT2D eigenvalue weighted by atomic mass is 14.5. The molecule has 0 aliphatic heterocycles. The normalized spacial score (nSPS) is 14.5. The minimum atomic E-state index is -0.384. The Kier molecular flexibility index (Phi) is 4.90. The fourth-order valence-electron chi connectivity index (χ4n) is 4.08. The Morgan fingerprint density at radius 1 is 0.920 bits per heavy atom. The number of fused-ring (bicyclic) bond motifs is 3. The Balaban J connectivity index is 2.36. The average molecular weight is 326 g/mol. The summed E-state index contributed by atoms with van der Waals surface area (Å²) in [6, 6.07) is 17.3. The predicted molar refractivity (Wildman–Crippen MR) is 110 cm³/mol. The van der Waals surface area contributed by atoms with Crippen LogP contribution in [0.15, 0.2) is 97.6 Å². The maximum atomic E-state index is 4.42. The van der Waals surface area contributed by atoms with Crippen LogP contribution in [-0.2, 0) is 5.41 Å². The van der Waals surface area contributed by atoms with Crippen LogP contribution in [0.5, 0.6) is 0 Å². The van der Waals surface area contributed by atoms with Gasteiger partial charge in [-0.05, 0) is 39.8 Å². The van der Waals surface area contributed by atoms with Crippen molar-refractivity contribution in [2.45, 2.75) is 31.6 Å². The van der Waals surface area contributed by atoms with Crippen LogP contribution < -0.4 is 0 Å². The smallest absolute Gasteiger partial charge is 0.0704 e. The quantitative estimate of drug-likeness (QED) is 0.379. The van der Waals surface area contributed by atoms with E-state index in [1.54, 1.807) is 0 Å². The largest absolute Gasteiger partial charge is 0.0988 e. The summed E-state index contributed by atoms with van der Waals surface area (Å²) in [6.45, 7) is 14.8. The summed E-state index contributed by atoms with van der Waals surface area (Å²) in [4.78, 5) is 0. The standard InChI is InChI=1S/C25H26/c1-5-8-9-14-20(7-3)25(19(4)6-2)23-17-12-10-15-21(23)22-16-11-13-18-24(22)25/h6-7,10-18H,2-5,8-9H2,1H3/b20-14+. The second-order valence-corrected chi connectivity index (χ2v) is 6.58. The van der Waals surface area contributed by atoms with Crippen molar-refractivity contribution in [3.63, 3.8) is 0 Å². The molecule has 0 amide bonds. The second-order valence-electron chi connectivity index (χ2n) is 6.58. The van der Waals surface area contributed by atoms with E-state index in [4.69, 9.17) is 0 Å². The van der Waals surface area contributed by atoms with Crippen molar-refractivity contribution in [2.24, 2.45) is 0 Å². The fraction of sp³-hybridized carbons (Fsp3) is 0.200. The number of allylic oxidation sites excluding steroid dienone is 5. The summed E-state index contributed by atoms with van der Waals surface area (Å²) in [5, 5.41) is 0. The van der Waals surface area contributed by atoms with Crippen molar-refractivity contribution < 1.29 is 0 Å². The third kappa shape index (κ3) is 2.53. The molecule has 0 radical (unpaired) electrons. The van der Waals surface area contributed by atoms with E-state index in [9.17, 15) is 0 Å². The summed E-state index contributed by atoms with van der Waals surface area (Å²) in [5.41, 5.74) is 6.96. The molecule has 126 valence electrons. The van der Waals surface area contributed by atoms with Crippen LogP contribution in [0.1, 0.15) is 37.3 Å². The van der Waals surface area contributed by atoms with Gasteiger partial charge in [-0.3, -0.25) is 0 Å². The molecule has 0 aromatic heterocycles. The molecule has 0 unspecified atom stereocenters. The molecule has 0 bridgehead atoms. The molecule has 0 saturated carbocycles. The van der Waals surface area contributed by atoms with Gasteiger partial charge in [-0.25, -0.2) is 0 Å². The van der Waals surface area contributed by atoms with E-state index in [1.807, 2.05) is 12.2 Å². The molecular weight excluding hydrogens is 300 g/mol. The van der Waals surface area contributed by atoms with Crippen molar-refractivity contribution in [2.75, 3.05) is 0 Å². The van der Waals surface area contributed by atoms with Gasteiger partial charge in [0.05, 0.1) is 5.41 Å². The van der Waals surface area contributed by atoms with E-state index in [-0.39, 0.29) is 5.41 Å². The zero-order chi connectivity index (χ0) is 17.9. The topological polar surface area (TPSA) is 0 Å². The predicted octanol–water partition coefficient (Wildman–Crippen LogP) is 7.00. The maximum Gasteiger partial charge on any atom is 0.0704 e. The second kappa shape index (κ2) is 7.11. The lowest BCUT2D eigenvalue weighted by Gasteiger charge is -2.35. The molecule has 2 aromatic carbocycles. The molecule has 1 aliphatic carbocycles. The van der Waals surface area contributed by atoms with Gasteiger partial charge in [-0.2, -0.15) is 0 Å².